The number of rotatable bonds is 10. The molecule has 0 rings (SSSR count). The Morgan fingerprint density at radius 3 is 2.50 bits per heavy atom. The van der Waals surface area contributed by atoms with Gasteiger partial charge < -0.3 is 15.6 Å². The molecule has 0 saturated heterocycles. The Kier molecular flexibility index (Phi) is 10.9. The number of ether oxygens (including phenoxy) is 1. The van der Waals surface area contributed by atoms with Crippen LogP contribution in [0.5, 0.6) is 0 Å². The lowest BCUT2D eigenvalue weighted by Crippen LogP contribution is -2.21. The van der Waals surface area contributed by atoms with Crippen molar-refractivity contribution in [2.24, 2.45) is 5.73 Å². The molecule has 0 aromatic heterocycles. The molecule has 3 heteroatoms. The lowest BCUT2D eigenvalue weighted by molar-refractivity contribution is 0.0832. The molecule has 0 aromatic carbocycles. The van der Waals surface area contributed by atoms with Crippen LogP contribution in [0.25, 0.3) is 0 Å². The van der Waals surface area contributed by atoms with Crippen molar-refractivity contribution in [3.63, 3.8) is 0 Å². The Morgan fingerprint density at radius 1 is 1.14 bits per heavy atom. The fraction of sp³-hybridized carbons (Fsp3) is 1.00. The first kappa shape index (κ1) is 13.9. The molecule has 0 radical (unpaired) electrons. The Labute approximate surface area is 87.6 Å². The number of nitrogens with two attached hydrogens (primary N) is 1. The van der Waals surface area contributed by atoms with Crippen LogP contribution in [-0.4, -0.2) is 31.0 Å². The van der Waals surface area contributed by atoms with E-state index in [0.717, 1.165) is 13.0 Å². The van der Waals surface area contributed by atoms with Crippen molar-refractivity contribution in [2.75, 3.05) is 19.8 Å². The van der Waals surface area contributed by atoms with Crippen molar-refractivity contribution < 1.29 is 9.84 Å². The van der Waals surface area contributed by atoms with E-state index >= 15 is 0 Å². The number of hydrogen-bond donors (Lipinski definition) is 2. The van der Waals surface area contributed by atoms with Crippen LogP contribution in [0.2, 0.25) is 0 Å². The highest BCUT2D eigenvalue weighted by atomic mass is 16.5. The first-order chi connectivity index (χ1) is 6.81. The van der Waals surface area contributed by atoms with Gasteiger partial charge in [0, 0.05) is 19.8 Å². The van der Waals surface area contributed by atoms with Gasteiger partial charge in [0.15, 0.2) is 0 Å². The molecule has 0 heterocycles. The molecule has 14 heavy (non-hydrogen) atoms. The predicted molar refractivity (Wildman–Crippen MR) is 59.3 cm³/mol. The maximum absolute atomic E-state index is 9.13. The zero-order valence-corrected chi connectivity index (χ0v) is 9.37. The quantitative estimate of drug-likeness (QED) is 0.531. The summed E-state index contributed by atoms with van der Waals surface area (Å²) in [5, 5.41) is 9.13. The van der Waals surface area contributed by atoms with Crippen molar-refractivity contribution in [3.05, 3.63) is 0 Å². The Bertz CT molecular complexity index is 109. The van der Waals surface area contributed by atoms with Gasteiger partial charge >= 0.3 is 0 Å². The van der Waals surface area contributed by atoms with Gasteiger partial charge in [-0.25, -0.2) is 0 Å². The van der Waals surface area contributed by atoms with Crippen LogP contribution in [0.15, 0.2) is 0 Å². The van der Waals surface area contributed by atoms with E-state index < -0.39 is 6.10 Å². The second-order valence-corrected chi connectivity index (χ2v) is 3.70. The highest BCUT2D eigenvalue weighted by Crippen LogP contribution is 2.02. The van der Waals surface area contributed by atoms with E-state index in [1.807, 2.05) is 0 Å². The topological polar surface area (TPSA) is 55.5 Å². The number of unbranched alkanes of at least 4 members (excludes halogenated alkanes) is 4. The molecule has 3 N–H and O–H groups in total. The molecule has 0 aliphatic rings. The summed E-state index contributed by atoms with van der Waals surface area (Å²) in [5.74, 6) is 0. The summed E-state index contributed by atoms with van der Waals surface area (Å²) in [4.78, 5) is 0. The molecule has 0 amide bonds. The van der Waals surface area contributed by atoms with Gasteiger partial charge in [0.25, 0.3) is 0 Å². The van der Waals surface area contributed by atoms with Crippen molar-refractivity contribution in [1.82, 2.24) is 0 Å². The third-order valence-corrected chi connectivity index (χ3v) is 2.26. The molecule has 0 aromatic rings. The fourth-order valence-corrected chi connectivity index (χ4v) is 1.25. The third kappa shape index (κ3) is 9.96. The van der Waals surface area contributed by atoms with E-state index in [2.05, 4.69) is 6.92 Å². The number of aliphatic hydroxyl groups is 1. The molecule has 1 unspecified atom stereocenters. The predicted octanol–water partition coefficient (Wildman–Crippen LogP) is 1.68. The molecular formula is C11H25NO2. The van der Waals surface area contributed by atoms with Gasteiger partial charge in [-0.3, -0.25) is 0 Å². The van der Waals surface area contributed by atoms with Crippen LogP contribution < -0.4 is 5.73 Å². The van der Waals surface area contributed by atoms with Gasteiger partial charge in [0.1, 0.15) is 0 Å². The molecule has 0 aliphatic carbocycles. The minimum atomic E-state index is -0.393. The Morgan fingerprint density at radius 2 is 1.86 bits per heavy atom. The molecule has 0 spiro atoms. The average Bonchev–Trinajstić information content (AvgIpc) is 2.21. The van der Waals surface area contributed by atoms with Gasteiger partial charge in [0.05, 0.1) is 6.10 Å². The molecule has 0 bridgehead atoms. The normalized spacial score (nSPS) is 13.1. The molecular weight excluding hydrogens is 178 g/mol. The van der Waals surface area contributed by atoms with Crippen LogP contribution in [0.3, 0.4) is 0 Å². The van der Waals surface area contributed by atoms with E-state index in [1.165, 1.54) is 25.7 Å². The highest BCUT2D eigenvalue weighted by Gasteiger charge is 1.99. The smallest absolute Gasteiger partial charge is 0.0684 e. The SMILES string of the molecule is CCCCCCCOCCC(O)CN. The van der Waals surface area contributed by atoms with Gasteiger partial charge in [-0.15, -0.1) is 0 Å². The Hall–Kier alpha value is -0.120. The zero-order chi connectivity index (χ0) is 10.6. The van der Waals surface area contributed by atoms with Gasteiger partial charge in [-0.1, -0.05) is 32.6 Å². The second-order valence-electron chi connectivity index (χ2n) is 3.70. The number of aliphatic hydroxyl groups excluding tert-OH is 1. The summed E-state index contributed by atoms with van der Waals surface area (Å²) >= 11 is 0. The maximum atomic E-state index is 9.13. The van der Waals surface area contributed by atoms with Crippen LogP contribution in [0.1, 0.15) is 45.4 Å². The molecule has 86 valence electrons. The molecule has 1 atom stereocenters. The molecule has 0 saturated carbocycles. The summed E-state index contributed by atoms with van der Waals surface area (Å²) in [6.07, 6.45) is 6.58. The lowest BCUT2D eigenvalue weighted by atomic mass is 10.2. The first-order valence-electron chi connectivity index (χ1n) is 5.77. The van der Waals surface area contributed by atoms with Crippen molar-refractivity contribution in [3.8, 4) is 0 Å². The largest absolute Gasteiger partial charge is 0.392 e. The minimum Gasteiger partial charge on any atom is -0.392 e. The fourth-order valence-electron chi connectivity index (χ4n) is 1.25. The monoisotopic (exact) mass is 203 g/mol. The second kappa shape index (κ2) is 11.0. The summed E-state index contributed by atoms with van der Waals surface area (Å²) in [7, 11) is 0. The lowest BCUT2D eigenvalue weighted by Gasteiger charge is -2.07. The highest BCUT2D eigenvalue weighted by molar-refractivity contribution is 4.53. The molecule has 0 fully saturated rings. The van der Waals surface area contributed by atoms with Gasteiger partial charge in [-0.05, 0) is 12.8 Å². The van der Waals surface area contributed by atoms with E-state index in [0.29, 0.717) is 19.6 Å². The first-order valence-corrected chi connectivity index (χ1v) is 5.77. The summed E-state index contributed by atoms with van der Waals surface area (Å²) in [6, 6.07) is 0. The third-order valence-electron chi connectivity index (χ3n) is 2.26. The molecule has 3 nitrogen and oxygen atoms in total. The summed E-state index contributed by atoms with van der Waals surface area (Å²) in [5.41, 5.74) is 5.26. The van der Waals surface area contributed by atoms with Crippen LogP contribution in [-0.2, 0) is 4.74 Å². The van der Waals surface area contributed by atoms with Gasteiger partial charge in [-0.2, -0.15) is 0 Å². The summed E-state index contributed by atoms with van der Waals surface area (Å²) < 4.78 is 5.37. The zero-order valence-electron chi connectivity index (χ0n) is 9.37. The van der Waals surface area contributed by atoms with Crippen LogP contribution in [0.4, 0.5) is 0 Å². The van der Waals surface area contributed by atoms with Crippen molar-refractivity contribution in [2.45, 2.75) is 51.6 Å². The Balaban J connectivity index is 2.92. The van der Waals surface area contributed by atoms with Crippen LogP contribution >= 0.6 is 0 Å². The standard InChI is InChI=1S/C11H25NO2/c1-2-3-4-5-6-8-14-9-7-11(13)10-12/h11,13H,2-10,12H2,1H3. The molecule has 0 aliphatic heterocycles. The average molecular weight is 203 g/mol. The van der Waals surface area contributed by atoms with Crippen molar-refractivity contribution >= 4 is 0 Å². The van der Waals surface area contributed by atoms with E-state index in [-0.39, 0.29) is 0 Å². The van der Waals surface area contributed by atoms with Gasteiger partial charge in [0.2, 0.25) is 0 Å². The van der Waals surface area contributed by atoms with E-state index in [4.69, 9.17) is 15.6 Å². The van der Waals surface area contributed by atoms with Crippen molar-refractivity contribution in [1.29, 1.82) is 0 Å². The van der Waals surface area contributed by atoms with Crippen LogP contribution in [0, 0.1) is 0 Å². The van der Waals surface area contributed by atoms with E-state index in [9.17, 15) is 0 Å². The minimum absolute atomic E-state index is 0.333. The number of hydrogen-bond acceptors (Lipinski definition) is 3. The summed E-state index contributed by atoms with van der Waals surface area (Å²) in [6.45, 7) is 4.00. The van der Waals surface area contributed by atoms with E-state index in [1.54, 1.807) is 0 Å². The maximum Gasteiger partial charge on any atom is 0.0684 e.